The first-order chi connectivity index (χ1) is 19.1. The molecule has 3 aromatic rings. The summed E-state index contributed by atoms with van der Waals surface area (Å²) in [5, 5.41) is 6.08. The quantitative estimate of drug-likeness (QED) is 0.321. The van der Waals surface area contributed by atoms with E-state index >= 15 is 0 Å². The third-order valence-electron chi connectivity index (χ3n) is 6.61. The number of benzene rings is 2. The van der Waals surface area contributed by atoms with Crippen molar-refractivity contribution in [3.8, 4) is 0 Å². The van der Waals surface area contributed by atoms with Crippen molar-refractivity contribution in [3.05, 3.63) is 82.0 Å². The van der Waals surface area contributed by atoms with Crippen LogP contribution < -0.4 is 15.4 Å². The van der Waals surface area contributed by atoms with Crippen LogP contribution in [0.5, 0.6) is 0 Å². The van der Waals surface area contributed by atoms with E-state index in [2.05, 4.69) is 38.0 Å². The van der Waals surface area contributed by atoms with Crippen molar-refractivity contribution in [2.45, 2.75) is 24.7 Å². The van der Waals surface area contributed by atoms with Crippen LogP contribution in [0.2, 0.25) is 10.0 Å². The molecule has 0 radical (unpaired) electrons. The summed E-state index contributed by atoms with van der Waals surface area (Å²) in [6, 6.07) is 13.6. The Balaban J connectivity index is 1.43. The highest BCUT2D eigenvalue weighted by molar-refractivity contribution is 7.99. The van der Waals surface area contributed by atoms with E-state index in [-0.39, 0.29) is 34.5 Å². The fourth-order valence-electron chi connectivity index (χ4n) is 4.28. The molecule has 0 spiro atoms. The van der Waals surface area contributed by atoms with Crippen LogP contribution in [0.4, 0.5) is 11.5 Å². The topological polar surface area (TPSA) is 121 Å². The molecule has 1 aliphatic rings. The van der Waals surface area contributed by atoms with Gasteiger partial charge in [0.1, 0.15) is 5.82 Å². The summed E-state index contributed by atoms with van der Waals surface area (Å²) in [4.78, 5) is 45.3. The molecule has 210 valence electrons. The fourth-order valence-corrected chi connectivity index (χ4v) is 5.75. The van der Waals surface area contributed by atoms with Crippen LogP contribution in [0.25, 0.3) is 0 Å². The molecule has 1 saturated heterocycles. The SMILES string of the molecule is C=S(=O)(NC(=O)C1CCN(CC)CC1)c1ccc(C(=O)Nc2ccc(Cl)cc2C(=O)Nc2ccc(Cl)cn2)cc1. The van der Waals surface area contributed by atoms with Crippen LogP contribution in [-0.2, 0) is 14.5 Å². The number of hydrogen-bond acceptors (Lipinski definition) is 6. The Hall–Kier alpha value is -3.44. The lowest BCUT2D eigenvalue weighted by molar-refractivity contribution is -0.124. The Labute approximate surface area is 243 Å². The molecule has 4 rings (SSSR count). The standard InChI is InChI=1S/C28H29Cl2N5O4S/c1-3-35-14-12-19(13-15-35)27(37)34-40(2,39)22-8-4-18(5-9-22)26(36)32-24-10-6-20(29)16-23(24)28(38)33-25-11-7-21(30)17-31-25/h4-11,16-17,19H,2-3,12-15H2,1H3,(H,32,36)(H,31,33,38)(H,34,37,39). The van der Waals surface area contributed by atoms with Crippen molar-refractivity contribution in [2.24, 2.45) is 5.92 Å². The van der Waals surface area contributed by atoms with Gasteiger partial charge in [-0.05, 0) is 92.9 Å². The van der Waals surface area contributed by atoms with Gasteiger partial charge in [-0.15, -0.1) is 0 Å². The maximum atomic E-state index is 13.2. The molecule has 9 nitrogen and oxygen atoms in total. The second-order valence-corrected chi connectivity index (χ2v) is 12.2. The van der Waals surface area contributed by atoms with Gasteiger partial charge in [-0.25, -0.2) is 9.19 Å². The molecule has 0 aliphatic carbocycles. The minimum Gasteiger partial charge on any atom is -0.321 e. The lowest BCUT2D eigenvalue weighted by Gasteiger charge is -2.30. The summed E-state index contributed by atoms with van der Waals surface area (Å²) in [5.74, 6) is 2.49. The van der Waals surface area contributed by atoms with E-state index in [4.69, 9.17) is 23.2 Å². The first-order valence-corrected chi connectivity index (χ1v) is 15.1. The van der Waals surface area contributed by atoms with Gasteiger partial charge in [0.15, 0.2) is 0 Å². The van der Waals surface area contributed by atoms with Crippen molar-refractivity contribution in [1.29, 1.82) is 0 Å². The monoisotopic (exact) mass is 601 g/mol. The van der Waals surface area contributed by atoms with Gasteiger partial charge in [0.2, 0.25) is 5.91 Å². The number of amides is 3. The molecule has 2 heterocycles. The number of rotatable bonds is 8. The Morgan fingerprint density at radius 1 is 0.975 bits per heavy atom. The van der Waals surface area contributed by atoms with E-state index < -0.39 is 21.5 Å². The van der Waals surface area contributed by atoms with Crippen LogP contribution in [0.15, 0.2) is 65.7 Å². The van der Waals surface area contributed by atoms with Crippen molar-refractivity contribution in [3.63, 3.8) is 0 Å². The summed E-state index contributed by atoms with van der Waals surface area (Å²) in [5.41, 5.74) is 0.604. The second-order valence-electron chi connectivity index (χ2n) is 9.33. The van der Waals surface area contributed by atoms with E-state index in [0.29, 0.717) is 27.8 Å². The number of carbonyl (C=O) groups excluding carboxylic acids is 3. The number of likely N-dealkylation sites (tertiary alicyclic amines) is 1. The molecule has 40 heavy (non-hydrogen) atoms. The largest absolute Gasteiger partial charge is 0.321 e. The van der Waals surface area contributed by atoms with E-state index in [1.165, 1.54) is 42.6 Å². The fraction of sp³-hybridized carbons (Fsp3) is 0.250. The van der Waals surface area contributed by atoms with Crippen LogP contribution >= 0.6 is 23.2 Å². The highest BCUT2D eigenvalue weighted by Crippen LogP contribution is 2.24. The molecule has 1 aromatic heterocycles. The average Bonchev–Trinajstić information content (AvgIpc) is 2.95. The maximum absolute atomic E-state index is 13.2. The molecule has 1 aliphatic heterocycles. The molecule has 3 N–H and O–H groups in total. The second kappa shape index (κ2) is 12.8. The summed E-state index contributed by atoms with van der Waals surface area (Å²) >= 11 is 12.0. The third-order valence-corrected chi connectivity index (χ3v) is 8.63. The van der Waals surface area contributed by atoms with E-state index in [0.717, 1.165) is 19.6 Å². The van der Waals surface area contributed by atoms with Crippen molar-refractivity contribution >= 4 is 68.0 Å². The lowest BCUT2D eigenvalue weighted by atomic mass is 9.96. The van der Waals surface area contributed by atoms with Gasteiger partial charge in [0.05, 0.1) is 26.0 Å². The van der Waals surface area contributed by atoms with E-state index in [1.807, 2.05) is 0 Å². The molecule has 1 atom stereocenters. The zero-order valence-electron chi connectivity index (χ0n) is 21.8. The number of hydrogen-bond donors (Lipinski definition) is 3. The van der Waals surface area contributed by atoms with Crippen molar-refractivity contribution in [2.75, 3.05) is 30.3 Å². The number of pyridine rings is 1. The Bertz CT molecular complexity index is 1500. The van der Waals surface area contributed by atoms with E-state index in [1.54, 1.807) is 18.2 Å². The van der Waals surface area contributed by atoms with Gasteiger partial charge in [0, 0.05) is 27.6 Å². The first-order valence-electron chi connectivity index (χ1n) is 12.6. The predicted octanol–water partition coefficient (Wildman–Crippen LogP) is 4.73. The lowest BCUT2D eigenvalue weighted by Crippen LogP contribution is -2.42. The van der Waals surface area contributed by atoms with Gasteiger partial charge < -0.3 is 15.5 Å². The Kier molecular flexibility index (Phi) is 9.47. The smallest absolute Gasteiger partial charge is 0.258 e. The molecule has 0 bridgehead atoms. The van der Waals surface area contributed by atoms with Gasteiger partial charge in [-0.2, -0.15) is 0 Å². The highest BCUT2D eigenvalue weighted by atomic mass is 35.5. The molecular weight excluding hydrogens is 573 g/mol. The van der Waals surface area contributed by atoms with Gasteiger partial charge >= 0.3 is 0 Å². The van der Waals surface area contributed by atoms with Gasteiger partial charge in [0.25, 0.3) is 11.8 Å². The maximum Gasteiger partial charge on any atom is 0.258 e. The van der Waals surface area contributed by atoms with Crippen LogP contribution in [0.1, 0.15) is 40.5 Å². The summed E-state index contributed by atoms with van der Waals surface area (Å²) in [6.45, 7) is 4.67. The Morgan fingerprint density at radius 2 is 1.65 bits per heavy atom. The molecule has 2 aromatic carbocycles. The minimum absolute atomic E-state index is 0.127. The summed E-state index contributed by atoms with van der Waals surface area (Å²) in [7, 11) is -3.11. The number of nitrogens with one attached hydrogen (secondary N) is 3. The number of anilines is 2. The van der Waals surface area contributed by atoms with Crippen LogP contribution in [0, 0.1) is 5.92 Å². The molecular formula is C28H29Cl2N5O4S. The Morgan fingerprint density at radius 3 is 2.27 bits per heavy atom. The number of nitrogens with zero attached hydrogens (tertiary/aromatic N) is 2. The zero-order valence-corrected chi connectivity index (χ0v) is 24.1. The first kappa shape index (κ1) is 29.5. The normalized spacial score (nSPS) is 15.6. The molecule has 0 saturated carbocycles. The predicted molar refractivity (Wildman–Crippen MR) is 160 cm³/mol. The van der Waals surface area contributed by atoms with Gasteiger partial charge in [-0.1, -0.05) is 30.1 Å². The minimum atomic E-state index is -3.11. The van der Waals surface area contributed by atoms with Crippen molar-refractivity contribution in [1.82, 2.24) is 14.6 Å². The summed E-state index contributed by atoms with van der Waals surface area (Å²) in [6.07, 6.45) is 2.80. The number of carbonyl (C=O) groups is 3. The van der Waals surface area contributed by atoms with Crippen LogP contribution in [0.3, 0.4) is 0 Å². The molecule has 3 amide bonds. The molecule has 1 unspecified atom stereocenters. The van der Waals surface area contributed by atoms with Crippen LogP contribution in [-0.4, -0.2) is 57.3 Å². The third kappa shape index (κ3) is 7.39. The zero-order chi connectivity index (χ0) is 28.9. The van der Waals surface area contributed by atoms with Gasteiger partial charge in [-0.3, -0.25) is 19.1 Å². The summed E-state index contributed by atoms with van der Waals surface area (Å²) < 4.78 is 15.8. The molecule has 1 fully saturated rings. The average molecular weight is 603 g/mol. The number of piperidine rings is 1. The number of halogens is 2. The number of aromatic nitrogens is 1. The highest BCUT2D eigenvalue weighted by Gasteiger charge is 2.26. The molecule has 12 heteroatoms. The van der Waals surface area contributed by atoms with Crippen molar-refractivity contribution < 1.29 is 18.6 Å². The van der Waals surface area contributed by atoms with E-state index in [9.17, 15) is 18.6 Å².